The molecule has 7 heteroatoms. The number of aliphatic carboxylic acids is 1. The highest BCUT2D eigenvalue weighted by Gasteiger charge is 2.17. The lowest BCUT2D eigenvalue weighted by Crippen LogP contribution is -2.22. The third kappa shape index (κ3) is 3.51. The summed E-state index contributed by atoms with van der Waals surface area (Å²) < 4.78 is 21.7. The number of benzene rings is 2. The summed E-state index contributed by atoms with van der Waals surface area (Å²) in [6, 6.07) is 9.83. The molecule has 146 valence electrons. The maximum atomic E-state index is 13.1. The van der Waals surface area contributed by atoms with Crippen LogP contribution < -0.4 is 19.6 Å². The number of fused-ring (bicyclic) bond motifs is 1. The Hall–Kier alpha value is -3.48. The van der Waals surface area contributed by atoms with Gasteiger partial charge in [-0.05, 0) is 43.7 Å². The van der Waals surface area contributed by atoms with E-state index in [0.29, 0.717) is 45.1 Å². The van der Waals surface area contributed by atoms with Gasteiger partial charge in [0.2, 0.25) is 5.43 Å². The first-order chi connectivity index (χ1) is 13.3. The van der Waals surface area contributed by atoms with Crippen molar-refractivity contribution in [2.24, 2.45) is 0 Å². The minimum absolute atomic E-state index is 0.205. The Labute approximate surface area is 161 Å². The van der Waals surface area contributed by atoms with Crippen LogP contribution in [0, 0.1) is 6.92 Å². The van der Waals surface area contributed by atoms with E-state index < -0.39 is 12.1 Å². The van der Waals surface area contributed by atoms with E-state index >= 15 is 0 Å². The Morgan fingerprint density at radius 3 is 2.43 bits per heavy atom. The van der Waals surface area contributed by atoms with Gasteiger partial charge in [0.1, 0.15) is 17.1 Å². The average molecular weight is 384 g/mol. The number of ether oxygens (including phenoxy) is 3. The van der Waals surface area contributed by atoms with Crippen molar-refractivity contribution in [2.75, 3.05) is 14.2 Å². The van der Waals surface area contributed by atoms with Gasteiger partial charge in [-0.3, -0.25) is 4.79 Å². The summed E-state index contributed by atoms with van der Waals surface area (Å²) in [6.45, 7) is 3.12. The molecule has 1 atom stereocenters. The SMILES string of the molecule is COc1ccc(-c2c(C)oc3cc(O[C@H](C)C(=O)O)ccc3c2=O)cc1OC. The Morgan fingerprint density at radius 1 is 1.07 bits per heavy atom. The van der Waals surface area contributed by atoms with Gasteiger partial charge in [-0.2, -0.15) is 0 Å². The molecule has 0 aliphatic carbocycles. The summed E-state index contributed by atoms with van der Waals surface area (Å²) >= 11 is 0. The Bertz CT molecular complexity index is 1100. The number of carbonyl (C=O) groups is 1. The molecule has 2 aromatic carbocycles. The van der Waals surface area contributed by atoms with Crippen LogP contribution in [0.25, 0.3) is 22.1 Å². The lowest BCUT2D eigenvalue weighted by atomic mass is 10.0. The molecule has 0 saturated carbocycles. The zero-order chi connectivity index (χ0) is 20.4. The maximum Gasteiger partial charge on any atom is 0.344 e. The van der Waals surface area contributed by atoms with Crippen molar-refractivity contribution in [1.29, 1.82) is 0 Å². The molecule has 1 aromatic heterocycles. The second kappa shape index (κ2) is 7.64. The number of hydrogen-bond acceptors (Lipinski definition) is 6. The monoisotopic (exact) mass is 384 g/mol. The van der Waals surface area contributed by atoms with Crippen LogP contribution >= 0.6 is 0 Å². The second-order valence-electron chi connectivity index (χ2n) is 6.19. The molecule has 1 heterocycles. The van der Waals surface area contributed by atoms with E-state index in [1.54, 1.807) is 37.3 Å². The molecule has 0 bridgehead atoms. The zero-order valence-corrected chi connectivity index (χ0v) is 15.9. The largest absolute Gasteiger partial charge is 0.493 e. The third-order valence-electron chi connectivity index (χ3n) is 4.37. The smallest absolute Gasteiger partial charge is 0.344 e. The Morgan fingerprint density at radius 2 is 1.79 bits per heavy atom. The van der Waals surface area contributed by atoms with E-state index in [-0.39, 0.29) is 5.43 Å². The predicted molar refractivity (Wildman–Crippen MR) is 103 cm³/mol. The van der Waals surface area contributed by atoms with Gasteiger partial charge in [0, 0.05) is 6.07 Å². The zero-order valence-electron chi connectivity index (χ0n) is 15.9. The standard InChI is InChI=1S/C21H20O7/c1-11-19(13-5-8-16(25-3)18(9-13)26-4)20(22)15-7-6-14(10-17(15)28-11)27-12(2)21(23)24/h5-10,12H,1-4H3,(H,23,24)/t12-/m1/s1. The van der Waals surface area contributed by atoms with Crippen LogP contribution in [0.15, 0.2) is 45.6 Å². The maximum absolute atomic E-state index is 13.1. The van der Waals surface area contributed by atoms with Gasteiger partial charge in [0.15, 0.2) is 17.6 Å². The molecule has 0 aliphatic heterocycles. The summed E-state index contributed by atoms with van der Waals surface area (Å²) in [5.74, 6) is 0.715. The summed E-state index contributed by atoms with van der Waals surface area (Å²) in [5.41, 5.74) is 1.18. The summed E-state index contributed by atoms with van der Waals surface area (Å²) in [4.78, 5) is 24.0. The van der Waals surface area contributed by atoms with Crippen LogP contribution in [0.3, 0.4) is 0 Å². The lowest BCUT2D eigenvalue weighted by molar-refractivity contribution is -0.144. The van der Waals surface area contributed by atoms with Gasteiger partial charge in [-0.15, -0.1) is 0 Å². The molecule has 1 N–H and O–H groups in total. The van der Waals surface area contributed by atoms with Crippen LogP contribution in [0.1, 0.15) is 12.7 Å². The van der Waals surface area contributed by atoms with Gasteiger partial charge < -0.3 is 23.7 Å². The fraction of sp³-hybridized carbons (Fsp3) is 0.238. The molecule has 0 spiro atoms. The summed E-state index contributed by atoms with van der Waals surface area (Å²) in [7, 11) is 3.06. The number of hydrogen-bond donors (Lipinski definition) is 1. The lowest BCUT2D eigenvalue weighted by Gasteiger charge is -2.13. The molecule has 3 aromatic rings. The number of methoxy groups -OCH3 is 2. The second-order valence-corrected chi connectivity index (χ2v) is 6.19. The van der Waals surface area contributed by atoms with Crippen molar-refractivity contribution in [2.45, 2.75) is 20.0 Å². The number of rotatable bonds is 6. The van der Waals surface area contributed by atoms with Crippen molar-refractivity contribution in [3.8, 4) is 28.4 Å². The minimum atomic E-state index is -1.08. The van der Waals surface area contributed by atoms with E-state index in [0.717, 1.165) is 0 Å². The first-order valence-electron chi connectivity index (χ1n) is 8.55. The molecule has 28 heavy (non-hydrogen) atoms. The highest BCUT2D eigenvalue weighted by molar-refractivity contribution is 5.84. The topological polar surface area (TPSA) is 95.2 Å². The third-order valence-corrected chi connectivity index (χ3v) is 4.37. The normalized spacial score (nSPS) is 11.9. The Kier molecular flexibility index (Phi) is 5.26. The van der Waals surface area contributed by atoms with Crippen molar-refractivity contribution >= 4 is 16.9 Å². The Balaban J connectivity index is 2.11. The van der Waals surface area contributed by atoms with Crippen molar-refractivity contribution < 1.29 is 28.5 Å². The van der Waals surface area contributed by atoms with Crippen molar-refractivity contribution in [3.63, 3.8) is 0 Å². The molecular weight excluding hydrogens is 364 g/mol. The highest BCUT2D eigenvalue weighted by Crippen LogP contribution is 2.33. The van der Waals surface area contributed by atoms with Gasteiger partial charge in [0.05, 0.1) is 25.2 Å². The van der Waals surface area contributed by atoms with E-state index in [1.807, 2.05) is 0 Å². The quantitative estimate of drug-likeness (QED) is 0.693. The summed E-state index contributed by atoms with van der Waals surface area (Å²) in [5, 5.41) is 9.34. The molecule has 0 amide bonds. The van der Waals surface area contributed by atoms with E-state index in [2.05, 4.69) is 0 Å². The average Bonchev–Trinajstić information content (AvgIpc) is 2.67. The van der Waals surface area contributed by atoms with Crippen molar-refractivity contribution in [3.05, 3.63) is 52.4 Å². The van der Waals surface area contributed by atoms with E-state index in [1.165, 1.54) is 27.2 Å². The highest BCUT2D eigenvalue weighted by atomic mass is 16.5. The number of aryl methyl sites for hydroxylation is 1. The van der Waals surface area contributed by atoms with Crippen LogP contribution in [0.2, 0.25) is 0 Å². The predicted octanol–water partition coefficient (Wildman–Crippen LogP) is 3.64. The number of carboxylic acids is 1. The van der Waals surface area contributed by atoms with E-state index in [9.17, 15) is 9.59 Å². The van der Waals surface area contributed by atoms with E-state index in [4.69, 9.17) is 23.7 Å². The first-order valence-corrected chi connectivity index (χ1v) is 8.55. The summed E-state index contributed by atoms with van der Waals surface area (Å²) in [6.07, 6.45) is -1.02. The van der Waals surface area contributed by atoms with Crippen molar-refractivity contribution in [1.82, 2.24) is 0 Å². The van der Waals surface area contributed by atoms with Gasteiger partial charge in [-0.25, -0.2) is 4.79 Å². The van der Waals surface area contributed by atoms with Crippen LogP contribution in [-0.2, 0) is 4.79 Å². The van der Waals surface area contributed by atoms with Gasteiger partial charge in [-0.1, -0.05) is 6.07 Å². The molecule has 0 radical (unpaired) electrons. The molecular formula is C21H20O7. The van der Waals surface area contributed by atoms with Gasteiger partial charge in [0.25, 0.3) is 0 Å². The van der Waals surface area contributed by atoms with Gasteiger partial charge >= 0.3 is 5.97 Å². The minimum Gasteiger partial charge on any atom is -0.493 e. The van der Waals surface area contributed by atoms with Crippen LogP contribution in [-0.4, -0.2) is 31.4 Å². The molecule has 0 aliphatic rings. The molecule has 3 rings (SSSR count). The van der Waals surface area contributed by atoms with Crippen LogP contribution in [0.5, 0.6) is 17.2 Å². The number of carboxylic acid groups (broad SMARTS) is 1. The molecule has 0 unspecified atom stereocenters. The fourth-order valence-corrected chi connectivity index (χ4v) is 2.94. The fourth-order valence-electron chi connectivity index (χ4n) is 2.94. The molecule has 7 nitrogen and oxygen atoms in total. The first kappa shape index (κ1) is 19.3. The molecule has 0 fully saturated rings. The van der Waals surface area contributed by atoms with Crippen LogP contribution in [0.4, 0.5) is 0 Å². The molecule has 0 saturated heterocycles.